The molecule has 1 fully saturated rings. The van der Waals surface area contributed by atoms with E-state index >= 15 is 0 Å². The molecule has 1 aliphatic rings. The van der Waals surface area contributed by atoms with Gasteiger partial charge in [0.2, 0.25) is 5.91 Å². The van der Waals surface area contributed by atoms with Gasteiger partial charge in [0, 0.05) is 38.3 Å². The first kappa shape index (κ1) is 19.1. The molecule has 0 aliphatic carbocycles. The maximum Gasteiger partial charge on any atom is 0.255 e. The van der Waals surface area contributed by atoms with E-state index in [1.54, 1.807) is 18.9 Å². The molecule has 0 saturated carbocycles. The van der Waals surface area contributed by atoms with Crippen molar-refractivity contribution in [2.24, 2.45) is 0 Å². The van der Waals surface area contributed by atoms with Crippen LogP contribution in [0.1, 0.15) is 41.3 Å². The topological polar surface area (TPSA) is 52.7 Å². The van der Waals surface area contributed by atoms with Crippen LogP contribution in [0.5, 0.6) is 0 Å². The van der Waals surface area contributed by atoms with Gasteiger partial charge in [0.05, 0.1) is 0 Å². The van der Waals surface area contributed by atoms with Crippen LogP contribution in [0, 0.1) is 0 Å². The van der Waals surface area contributed by atoms with Crippen LogP contribution in [0.4, 0.5) is 5.69 Å². The molecule has 0 spiro atoms. The van der Waals surface area contributed by atoms with Gasteiger partial charge in [-0.2, -0.15) is 0 Å². The molecular weight excluding hydrogens is 338 g/mol. The minimum Gasteiger partial charge on any atom is -0.342 e. The average molecular weight is 365 g/mol. The predicted molar refractivity (Wildman–Crippen MR) is 107 cm³/mol. The van der Waals surface area contributed by atoms with Crippen molar-refractivity contribution in [3.8, 4) is 0 Å². The Morgan fingerprint density at radius 2 is 1.74 bits per heavy atom. The molecule has 0 radical (unpaired) electrons. The van der Waals surface area contributed by atoms with Gasteiger partial charge in [0.1, 0.15) is 0 Å². The number of carbonyl (C=O) groups is 2. The van der Waals surface area contributed by atoms with Crippen molar-refractivity contribution in [2.75, 3.05) is 25.5 Å². The highest BCUT2D eigenvalue weighted by molar-refractivity contribution is 6.04. The standard InChI is InChI=1S/C22H27N3O2/c1-17(26)24(2)15-19-8-6-10-21(14-19)23-22(27)20-9-5-7-18(13-20)16-25-11-3-4-12-25/h5-10,13-14H,3-4,11-12,15-16H2,1-2H3,(H,23,27). The third-order valence-corrected chi connectivity index (χ3v) is 4.94. The number of carbonyl (C=O) groups excluding carboxylic acids is 2. The van der Waals surface area contributed by atoms with Crippen molar-refractivity contribution in [2.45, 2.75) is 32.9 Å². The van der Waals surface area contributed by atoms with Crippen LogP contribution in [0.2, 0.25) is 0 Å². The van der Waals surface area contributed by atoms with E-state index in [0.29, 0.717) is 12.1 Å². The minimum atomic E-state index is -0.115. The first-order chi connectivity index (χ1) is 13.0. The van der Waals surface area contributed by atoms with E-state index in [4.69, 9.17) is 0 Å². The highest BCUT2D eigenvalue weighted by Crippen LogP contribution is 2.16. The van der Waals surface area contributed by atoms with Gasteiger partial charge in [-0.1, -0.05) is 24.3 Å². The zero-order valence-electron chi connectivity index (χ0n) is 16.1. The number of anilines is 1. The van der Waals surface area contributed by atoms with Crippen LogP contribution in [0.15, 0.2) is 48.5 Å². The van der Waals surface area contributed by atoms with Gasteiger partial charge >= 0.3 is 0 Å². The maximum absolute atomic E-state index is 12.7. The number of hydrogen-bond acceptors (Lipinski definition) is 3. The molecule has 0 unspecified atom stereocenters. The molecule has 1 N–H and O–H groups in total. The van der Waals surface area contributed by atoms with Crippen LogP contribution in [0.3, 0.4) is 0 Å². The largest absolute Gasteiger partial charge is 0.342 e. The molecule has 0 atom stereocenters. The van der Waals surface area contributed by atoms with Crippen molar-refractivity contribution in [3.63, 3.8) is 0 Å². The molecule has 0 aromatic heterocycles. The van der Waals surface area contributed by atoms with E-state index in [1.807, 2.05) is 42.5 Å². The summed E-state index contributed by atoms with van der Waals surface area (Å²) in [6, 6.07) is 15.5. The number of hydrogen-bond donors (Lipinski definition) is 1. The molecule has 2 amide bonds. The van der Waals surface area contributed by atoms with Crippen molar-refractivity contribution in [1.29, 1.82) is 0 Å². The summed E-state index contributed by atoms with van der Waals surface area (Å²) >= 11 is 0. The summed E-state index contributed by atoms with van der Waals surface area (Å²) in [5.74, 6) is -0.102. The Hall–Kier alpha value is -2.66. The Morgan fingerprint density at radius 3 is 2.48 bits per heavy atom. The number of likely N-dealkylation sites (tertiary alicyclic amines) is 1. The van der Waals surface area contributed by atoms with E-state index in [-0.39, 0.29) is 11.8 Å². The summed E-state index contributed by atoms with van der Waals surface area (Å²) in [6.07, 6.45) is 2.52. The van der Waals surface area contributed by atoms with Gasteiger partial charge in [-0.3, -0.25) is 14.5 Å². The fourth-order valence-electron chi connectivity index (χ4n) is 3.35. The molecule has 5 nitrogen and oxygen atoms in total. The molecular formula is C22H27N3O2. The molecule has 1 heterocycles. The minimum absolute atomic E-state index is 0.0132. The summed E-state index contributed by atoms with van der Waals surface area (Å²) in [5, 5.41) is 2.97. The lowest BCUT2D eigenvalue weighted by Gasteiger charge is -2.16. The second-order valence-corrected chi connectivity index (χ2v) is 7.21. The number of nitrogens with zero attached hydrogens (tertiary/aromatic N) is 2. The van der Waals surface area contributed by atoms with Crippen molar-refractivity contribution < 1.29 is 9.59 Å². The number of amides is 2. The third-order valence-electron chi connectivity index (χ3n) is 4.94. The molecule has 1 aliphatic heterocycles. The Morgan fingerprint density at radius 1 is 1.04 bits per heavy atom. The van der Waals surface area contributed by atoms with Gasteiger partial charge in [0.25, 0.3) is 5.91 Å². The molecule has 2 aromatic rings. The maximum atomic E-state index is 12.7. The Kier molecular flexibility index (Phi) is 6.24. The first-order valence-electron chi connectivity index (χ1n) is 9.44. The predicted octanol–water partition coefficient (Wildman–Crippen LogP) is 3.51. The van der Waals surface area contributed by atoms with Crippen LogP contribution < -0.4 is 5.32 Å². The van der Waals surface area contributed by atoms with E-state index in [0.717, 1.165) is 30.9 Å². The molecule has 142 valence electrons. The molecule has 0 bridgehead atoms. The van der Waals surface area contributed by atoms with Crippen LogP contribution >= 0.6 is 0 Å². The van der Waals surface area contributed by atoms with Gasteiger partial charge in [-0.15, -0.1) is 0 Å². The SMILES string of the molecule is CC(=O)N(C)Cc1cccc(NC(=O)c2cccc(CN3CCCC3)c2)c1. The summed E-state index contributed by atoms with van der Waals surface area (Å²) in [6.45, 7) is 5.23. The zero-order chi connectivity index (χ0) is 19.2. The number of nitrogens with one attached hydrogen (secondary N) is 1. The number of benzene rings is 2. The number of rotatable bonds is 6. The van der Waals surface area contributed by atoms with Crippen LogP contribution in [0.25, 0.3) is 0 Å². The zero-order valence-corrected chi connectivity index (χ0v) is 16.1. The highest BCUT2D eigenvalue weighted by Gasteiger charge is 2.13. The first-order valence-corrected chi connectivity index (χ1v) is 9.44. The Balaban J connectivity index is 1.65. The van der Waals surface area contributed by atoms with Crippen molar-refractivity contribution >= 4 is 17.5 Å². The van der Waals surface area contributed by atoms with Crippen molar-refractivity contribution in [1.82, 2.24) is 9.80 Å². The Bertz CT molecular complexity index is 813. The van der Waals surface area contributed by atoms with Gasteiger partial charge in [0.15, 0.2) is 0 Å². The summed E-state index contributed by atoms with van der Waals surface area (Å²) in [7, 11) is 1.76. The monoisotopic (exact) mass is 365 g/mol. The van der Waals surface area contributed by atoms with Gasteiger partial charge in [-0.25, -0.2) is 0 Å². The molecule has 27 heavy (non-hydrogen) atoms. The third kappa shape index (κ3) is 5.41. The normalized spacial score (nSPS) is 14.1. The van der Waals surface area contributed by atoms with Crippen LogP contribution in [-0.4, -0.2) is 41.8 Å². The smallest absolute Gasteiger partial charge is 0.255 e. The average Bonchev–Trinajstić information content (AvgIpc) is 3.15. The summed E-state index contributed by atoms with van der Waals surface area (Å²) in [4.78, 5) is 28.1. The van der Waals surface area contributed by atoms with Crippen molar-refractivity contribution in [3.05, 3.63) is 65.2 Å². The lowest BCUT2D eigenvalue weighted by molar-refractivity contribution is -0.128. The molecule has 1 saturated heterocycles. The molecule has 2 aromatic carbocycles. The Labute approximate surface area is 161 Å². The van der Waals surface area contributed by atoms with Crippen LogP contribution in [-0.2, 0) is 17.9 Å². The fraction of sp³-hybridized carbons (Fsp3) is 0.364. The lowest BCUT2D eigenvalue weighted by Crippen LogP contribution is -2.23. The highest BCUT2D eigenvalue weighted by atomic mass is 16.2. The van der Waals surface area contributed by atoms with E-state index in [2.05, 4.69) is 16.3 Å². The fourth-order valence-corrected chi connectivity index (χ4v) is 3.35. The molecule has 3 rings (SSSR count). The van der Waals surface area contributed by atoms with E-state index in [9.17, 15) is 9.59 Å². The van der Waals surface area contributed by atoms with Gasteiger partial charge < -0.3 is 10.2 Å². The quantitative estimate of drug-likeness (QED) is 0.852. The second-order valence-electron chi connectivity index (χ2n) is 7.21. The lowest BCUT2D eigenvalue weighted by atomic mass is 10.1. The van der Waals surface area contributed by atoms with Gasteiger partial charge in [-0.05, 0) is 61.3 Å². The van der Waals surface area contributed by atoms with E-state index in [1.165, 1.54) is 18.4 Å². The molecule has 5 heteroatoms. The van der Waals surface area contributed by atoms with E-state index < -0.39 is 0 Å². The summed E-state index contributed by atoms with van der Waals surface area (Å²) < 4.78 is 0. The second kappa shape index (κ2) is 8.82. The summed E-state index contributed by atoms with van der Waals surface area (Å²) in [5.41, 5.74) is 3.55.